The monoisotopic (exact) mass is 384 g/mol. The molecule has 0 unspecified atom stereocenters. The van der Waals surface area contributed by atoms with Crippen molar-refractivity contribution in [3.05, 3.63) is 48.3 Å². The molecule has 150 valence electrons. The van der Waals surface area contributed by atoms with Crippen LogP contribution in [0.4, 0.5) is 16.4 Å². The number of nitrogens with zero attached hydrogens (tertiary/aromatic N) is 4. The number of carbonyl (C=O) groups excluding carboxylic acids is 1. The van der Waals surface area contributed by atoms with Crippen molar-refractivity contribution in [3.63, 3.8) is 0 Å². The van der Waals surface area contributed by atoms with Gasteiger partial charge in [-0.05, 0) is 36.7 Å². The maximum Gasteiger partial charge on any atom is 0.319 e. The number of hydrogen-bond donors (Lipinski definition) is 2. The molecule has 2 amide bonds. The van der Waals surface area contributed by atoms with Crippen LogP contribution in [0.25, 0.3) is 0 Å². The standard InChI is InChI=1S/C20H28N6O2/c1-28-16-17-5-2-6-18(15-17)24-20(27)23-9-4-10-25-11-13-26(14-12-25)19-21-7-3-8-22-19/h2-3,5-8,15H,4,9-14,16H2,1H3,(H2,23,24,27). The van der Waals surface area contributed by atoms with Crippen LogP contribution in [-0.4, -0.2) is 67.3 Å². The lowest BCUT2D eigenvalue weighted by Crippen LogP contribution is -2.47. The van der Waals surface area contributed by atoms with E-state index in [2.05, 4.69) is 30.4 Å². The minimum absolute atomic E-state index is 0.180. The van der Waals surface area contributed by atoms with Gasteiger partial charge in [0.25, 0.3) is 0 Å². The van der Waals surface area contributed by atoms with Crippen LogP contribution in [0.1, 0.15) is 12.0 Å². The van der Waals surface area contributed by atoms with Gasteiger partial charge in [0, 0.05) is 57.9 Å². The maximum atomic E-state index is 12.0. The first-order valence-electron chi connectivity index (χ1n) is 9.61. The van der Waals surface area contributed by atoms with Crippen LogP contribution in [0, 0.1) is 0 Å². The Labute approximate surface area is 165 Å². The highest BCUT2D eigenvalue weighted by Gasteiger charge is 2.18. The number of amides is 2. The van der Waals surface area contributed by atoms with Crippen LogP contribution in [-0.2, 0) is 11.3 Å². The van der Waals surface area contributed by atoms with Crippen LogP contribution in [0.3, 0.4) is 0 Å². The second kappa shape index (κ2) is 10.6. The largest absolute Gasteiger partial charge is 0.380 e. The third-order valence-electron chi connectivity index (χ3n) is 4.64. The van der Waals surface area contributed by atoms with Gasteiger partial charge in [0.1, 0.15) is 0 Å². The number of methoxy groups -OCH3 is 1. The highest BCUT2D eigenvalue weighted by Crippen LogP contribution is 2.11. The van der Waals surface area contributed by atoms with Gasteiger partial charge in [0.15, 0.2) is 0 Å². The molecule has 1 aliphatic heterocycles. The SMILES string of the molecule is COCc1cccc(NC(=O)NCCCN2CCN(c3ncccn3)CC2)c1. The summed E-state index contributed by atoms with van der Waals surface area (Å²) in [5.74, 6) is 0.801. The first-order valence-corrected chi connectivity index (χ1v) is 9.61. The number of rotatable bonds is 8. The number of nitrogens with one attached hydrogen (secondary N) is 2. The number of hydrogen-bond acceptors (Lipinski definition) is 6. The van der Waals surface area contributed by atoms with E-state index in [-0.39, 0.29) is 6.03 Å². The fourth-order valence-corrected chi connectivity index (χ4v) is 3.21. The van der Waals surface area contributed by atoms with Gasteiger partial charge in [-0.15, -0.1) is 0 Å². The second-order valence-corrected chi connectivity index (χ2v) is 6.75. The number of urea groups is 1. The van der Waals surface area contributed by atoms with Crippen molar-refractivity contribution in [1.82, 2.24) is 20.2 Å². The van der Waals surface area contributed by atoms with Gasteiger partial charge in [-0.3, -0.25) is 4.90 Å². The topological polar surface area (TPSA) is 82.6 Å². The van der Waals surface area contributed by atoms with Crippen LogP contribution >= 0.6 is 0 Å². The molecule has 8 nitrogen and oxygen atoms in total. The number of piperazine rings is 1. The molecule has 2 heterocycles. The zero-order valence-electron chi connectivity index (χ0n) is 16.3. The molecule has 0 atom stereocenters. The lowest BCUT2D eigenvalue weighted by Gasteiger charge is -2.34. The van der Waals surface area contributed by atoms with Gasteiger partial charge < -0.3 is 20.3 Å². The Morgan fingerprint density at radius 3 is 2.68 bits per heavy atom. The van der Waals surface area contributed by atoms with Gasteiger partial charge >= 0.3 is 6.03 Å². The van der Waals surface area contributed by atoms with E-state index in [9.17, 15) is 4.79 Å². The summed E-state index contributed by atoms with van der Waals surface area (Å²) in [6, 6.07) is 9.31. The van der Waals surface area contributed by atoms with Crippen LogP contribution < -0.4 is 15.5 Å². The first-order chi connectivity index (χ1) is 13.7. The van der Waals surface area contributed by atoms with E-state index in [4.69, 9.17) is 4.74 Å². The summed E-state index contributed by atoms with van der Waals surface area (Å²) in [6.45, 7) is 5.96. The molecule has 28 heavy (non-hydrogen) atoms. The van der Waals surface area contributed by atoms with Crippen LogP contribution in [0.2, 0.25) is 0 Å². The summed E-state index contributed by atoms with van der Waals surface area (Å²) < 4.78 is 5.11. The van der Waals surface area contributed by atoms with Gasteiger partial charge in [0.2, 0.25) is 5.95 Å². The molecule has 2 aromatic rings. The average Bonchev–Trinajstić information content (AvgIpc) is 2.73. The second-order valence-electron chi connectivity index (χ2n) is 6.75. The fourth-order valence-electron chi connectivity index (χ4n) is 3.21. The fraction of sp³-hybridized carbons (Fsp3) is 0.450. The zero-order chi connectivity index (χ0) is 19.6. The van der Waals surface area contributed by atoms with Crippen molar-refractivity contribution in [2.75, 3.05) is 56.6 Å². The van der Waals surface area contributed by atoms with E-state index >= 15 is 0 Å². The zero-order valence-corrected chi connectivity index (χ0v) is 16.3. The summed E-state index contributed by atoms with van der Waals surface area (Å²) in [6.07, 6.45) is 4.47. The molecule has 8 heteroatoms. The molecule has 0 bridgehead atoms. The highest BCUT2D eigenvalue weighted by molar-refractivity contribution is 5.89. The van der Waals surface area contributed by atoms with Gasteiger partial charge in [-0.1, -0.05) is 12.1 Å². The van der Waals surface area contributed by atoms with Crippen molar-refractivity contribution in [1.29, 1.82) is 0 Å². The van der Waals surface area contributed by atoms with Crippen molar-refractivity contribution >= 4 is 17.7 Å². The molecule has 1 saturated heterocycles. The molecular formula is C20H28N6O2. The third kappa shape index (κ3) is 6.17. The lowest BCUT2D eigenvalue weighted by atomic mass is 10.2. The van der Waals surface area contributed by atoms with E-state index in [0.717, 1.165) is 56.3 Å². The molecule has 1 aromatic heterocycles. The normalized spacial score (nSPS) is 14.7. The molecule has 3 rings (SSSR count). The molecule has 0 aliphatic carbocycles. The summed E-state index contributed by atoms with van der Waals surface area (Å²) in [5, 5.41) is 5.78. The minimum atomic E-state index is -0.180. The van der Waals surface area contributed by atoms with E-state index in [0.29, 0.717) is 13.2 Å². The molecule has 0 spiro atoms. The quantitative estimate of drug-likeness (QED) is 0.677. The summed E-state index contributed by atoms with van der Waals surface area (Å²) in [7, 11) is 1.65. The van der Waals surface area contributed by atoms with E-state index in [1.54, 1.807) is 19.5 Å². The minimum Gasteiger partial charge on any atom is -0.380 e. The highest BCUT2D eigenvalue weighted by atomic mass is 16.5. The summed E-state index contributed by atoms with van der Waals surface area (Å²) in [4.78, 5) is 25.3. The first kappa shape index (κ1) is 20.0. The third-order valence-corrected chi connectivity index (χ3v) is 4.64. The molecule has 0 saturated carbocycles. The Kier molecular flexibility index (Phi) is 7.57. The number of benzene rings is 1. The predicted molar refractivity (Wildman–Crippen MR) is 109 cm³/mol. The van der Waals surface area contributed by atoms with Gasteiger partial charge in [-0.25, -0.2) is 14.8 Å². The Bertz CT molecular complexity index is 734. The van der Waals surface area contributed by atoms with E-state index in [1.807, 2.05) is 30.3 Å². The smallest absolute Gasteiger partial charge is 0.319 e. The molecule has 1 aliphatic rings. The number of carbonyl (C=O) groups is 1. The molecular weight excluding hydrogens is 356 g/mol. The van der Waals surface area contributed by atoms with Crippen molar-refractivity contribution < 1.29 is 9.53 Å². The number of aromatic nitrogens is 2. The maximum absolute atomic E-state index is 12.0. The van der Waals surface area contributed by atoms with E-state index in [1.165, 1.54) is 0 Å². The Hall–Kier alpha value is -2.71. The van der Waals surface area contributed by atoms with Crippen LogP contribution in [0.5, 0.6) is 0 Å². The summed E-state index contributed by atoms with van der Waals surface area (Å²) in [5.41, 5.74) is 1.80. The molecule has 0 radical (unpaired) electrons. The average molecular weight is 384 g/mol. The number of anilines is 2. The van der Waals surface area contributed by atoms with Crippen molar-refractivity contribution in [2.45, 2.75) is 13.0 Å². The van der Waals surface area contributed by atoms with Crippen LogP contribution in [0.15, 0.2) is 42.7 Å². The molecule has 1 aromatic carbocycles. The number of ether oxygens (including phenoxy) is 1. The van der Waals surface area contributed by atoms with Crippen molar-refractivity contribution in [3.8, 4) is 0 Å². The van der Waals surface area contributed by atoms with Gasteiger partial charge in [0.05, 0.1) is 6.61 Å². The molecule has 1 fully saturated rings. The lowest BCUT2D eigenvalue weighted by molar-refractivity contribution is 0.185. The Morgan fingerprint density at radius 1 is 1.14 bits per heavy atom. The summed E-state index contributed by atoms with van der Waals surface area (Å²) >= 11 is 0. The van der Waals surface area contributed by atoms with Crippen molar-refractivity contribution in [2.24, 2.45) is 0 Å². The molecule has 2 N–H and O–H groups in total. The Balaban J connectivity index is 1.31. The van der Waals surface area contributed by atoms with Gasteiger partial charge in [-0.2, -0.15) is 0 Å². The Morgan fingerprint density at radius 2 is 1.93 bits per heavy atom. The van der Waals surface area contributed by atoms with E-state index < -0.39 is 0 Å². The predicted octanol–water partition coefficient (Wildman–Crippen LogP) is 1.96.